The number of hydrogen-bond donors (Lipinski definition) is 0. The van der Waals surface area contributed by atoms with Gasteiger partial charge in [0.1, 0.15) is 0 Å². The zero-order chi connectivity index (χ0) is 21.6. The Bertz CT molecular complexity index is 1030. The molecule has 0 saturated carbocycles. The van der Waals surface area contributed by atoms with Crippen LogP contribution in [0.2, 0.25) is 0 Å². The number of rotatable bonds is 6. The summed E-state index contributed by atoms with van der Waals surface area (Å²) in [5.74, 6) is 0.122. The summed E-state index contributed by atoms with van der Waals surface area (Å²) in [4.78, 5) is 17.3. The molecule has 1 aliphatic heterocycles. The molecule has 0 aliphatic carbocycles. The summed E-state index contributed by atoms with van der Waals surface area (Å²) >= 11 is 0. The van der Waals surface area contributed by atoms with Gasteiger partial charge in [-0.15, -0.1) is 0 Å². The number of carbonyl (C=O) groups excluding carboxylic acids is 1. The maximum absolute atomic E-state index is 12.9. The number of piperazine rings is 1. The largest absolute Gasteiger partial charge is 0.336 e. The maximum Gasteiger partial charge on any atom is 0.253 e. The highest BCUT2D eigenvalue weighted by Gasteiger charge is 2.21. The fraction of sp³-hybridized carbons (Fsp3) is 0.308. The molecule has 0 bridgehead atoms. The molecule has 0 spiro atoms. The number of benzene rings is 2. The van der Waals surface area contributed by atoms with Gasteiger partial charge in [0, 0.05) is 44.0 Å². The lowest BCUT2D eigenvalue weighted by Gasteiger charge is -2.34. The maximum atomic E-state index is 12.9. The van der Waals surface area contributed by atoms with Crippen LogP contribution in [0.15, 0.2) is 66.7 Å². The molecule has 0 N–H and O–H groups in total. The quantitative estimate of drug-likeness (QED) is 0.612. The van der Waals surface area contributed by atoms with Crippen LogP contribution >= 0.6 is 0 Å². The van der Waals surface area contributed by atoms with Crippen LogP contribution in [0.25, 0.3) is 6.08 Å². The lowest BCUT2D eigenvalue weighted by molar-refractivity contribution is 0.0650. The topological polar surface area (TPSA) is 41.4 Å². The molecular formula is C26H30N4O. The van der Waals surface area contributed by atoms with Crippen LogP contribution < -0.4 is 0 Å². The van der Waals surface area contributed by atoms with E-state index >= 15 is 0 Å². The summed E-state index contributed by atoms with van der Waals surface area (Å²) < 4.78 is 2.00. The third kappa shape index (κ3) is 5.50. The molecule has 1 aliphatic rings. The highest BCUT2D eigenvalue weighted by atomic mass is 16.2. The van der Waals surface area contributed by atoms with E-state index in [4.69, 9.17) is 0 Å². The molecule has 1 aromatic heterocycles. The first kappa shape index (κ1) is 21.1. The Labute approximate surface area is 184 Å². The van der Waals surface area contributed by atoms with E-state index in [1.807, 2.05) is 46.8 Å². The average molecular weight is 415 g/mol. The third-order valence-electron chi connectivity index (χ3n) is 5.77. The minimum atomic E-state index is 0.122. The highest BCUT2D eigenvalue weighted by Crippen LogP contribution is 2.13. The Kier molecular flexibility index (Phi) is 6.63. The molecule has 31 heavy (non-hydrogen) atoms. The van der Waals surface area contributed by atoms with Crippen molar-refractivity contribution in [3.63, 3.8) is 0 Å². The van der Waals surface area contributed by atoms with Crippen LogP contribution in [0.1, 0.15) is 32.9 Å². The first-order valence-corrected chi connectivity index (χ1v) is 10.9. The number of aromatic nitrogens is 2. The molecular weight excluding hydrogens is 384 g/mol. The molecule has 1 fully saturated rings. The molecule has 5 nitrogen and oxygen atoms in total. The van der Waals surface area contributed by atoms with Gasteiger partial charge in [-0.25, -0.2) is 0 Å². The van der Waals surface area contributed by atoms with Gasteiger partial charge in [-0.2, -0.15) is 5.10 Å². The van der Waals surface area contributed by atoms with Crippen molar-refractivity contribution in [1.29, 1.82) is 0 Å². The molecule has 1 saturated heterocycles. The number of amides is 1. The van der Waals surface area contributed by atoms with Crippen LogP contribution in [0.4, 0.5) is 0 Å². The molecule has 2 aromatic carbocycles. The van der Waals surface area contributed by atoms with Gasteiger partial charge in [0.05, 0.1) is 12.2 Å². The SMILES string of the molecule is Cc1cc(C)n(Cc2ccc(C(=O)N3CCN(C/C=C/c4ccccc4)CC3)cc2)n1. The zero-order valence-electron chi connectivity index (χ0n) is 18.4. The first-order valence-electron chi connectivity index (χ1n) is 10.9. The second-order valence-electron chi connectivity index (χ2n) is 8.19. The van der Waals surface area contributed by atoms with Gasteiger partial charge in [0.2, 0.25) is 0 Å². The minimum absolute atomic E-state index is 0.122. The fourth-order valence-electron chi connectivity index (χ4n) is 3.98. The predicted molar refractivity (Wildman–Crippen MR) is 125 cm³/mol. The Hall–Kier alpha value is -3.18. The van der Waals surface area contributed by atoms with E-state index < -0.39 is 0 Å². The summed E-state index contributed by atoms with van der Waals surface area (Å²) in [6.07, 6.45) is 4.36. The van der Waals surface area contributed by atoms with E-state index in [1.165, 1.54) is 5.56 Å². The lowest BCUT2D eigenvalue weighted by Crippen LogP contribution is -2.48. The van der Waals surface area contributed by atoms with E-state index in [1.54, 1.807) is 0 Å². The summed E-state index contributed by atoms with van der Waals surface area (Å²) in [6.45, 7) is 9.06. The summed E-state index contributed by atoms with van der Waals surface area (Å²) in [6, 6.07) is 20.4. The van der Waals surface area contributed by atoms with Crippen LogP contribution in [0.5, 0.6) is 0 Å². The molecule has 1 amide bonds. The van der Waals surface area contributed by atoms with Gasteiger partial charge in [0.25, 0.3) is 5.91 Å². The van der Waals surface area contributed by atoms with Crippen LogP contribution in [0, 0.1) is 13.8 Å². The van der Waals surface area contributed by atoms with Crippen molar-refractivity contribution in [2.75, 3.05) is 32.7 Å². The summed E-state index contributed by atoms with van der Waals surface area (Å²) in [7, 11) is 0. The van der Waals surface area contributed by atoms with Crippen molar-refractivity contribution in [2.24, 2.45) is 0 Å². The standard InChI is InChI=1S/C26H30N4O/c1-21-19-22(2)30(27-21)20-24-10-12-25(13-11-24)26(31)29-17-15-28(16-18-29)14-6-9-23-7-4-3-5-8-23/h3-13,19H,14-18,20H2,1-2H3/b9-6+. The first-order chi connectivity index (χ1) is 15.1. The van der Waals surface area contributed by atoms with E-state index in [9.17, 15) is 4.79 Å². The van der Waals surface area contributed by atoms with Gasteiger partial charge in [-0.1, -0.05) is 54.6 Å². The van der Waals surface area contributed by atoms with Crippen LogP contribution in [-0.2, 0) is 6.54 Å². The molecule has 0 radical (unpaired) electrons. The Morgan fingerprint density at radius 3 is 2.32 bits per heavy atom. The molecule has 0 atom stereocenters. The fourth-order valence-corrected chi connectivity index (χ4v) is 3.98. The van der Waals surface area contributed by atoms with E-state index in [0.29, 0.717) is 0 Å². The van der Waals surface area contributed by atoms with Crippen LogP contribution in [0.3, 0.4) is 0 Å². The average Bonchev–Trinajstić information content (AvgIpc) is 3.11. The number of hydrogen-bond acceptors (Lipinski definition) is 3. The summed E-state index contributed by atoms with van der Waals surface area (Å²) in [5.41, 5.74) is 5.30. The Morgan fingerprint density at radius 1 is 0.968 bits per heavy atom. The minimum Gasteiger partial charge on any atom is -0.336 e. The Morgan fingerprint density at radius 2 is 1.68 bits per heavy atom. The van der Waals surface area contributed by atoms with Gasteiger partial charge in [-0.3, -0.25) is 14.4 Å². The summed E-state index contributed by atoms with van der Waals surface area (Å²) in [5, 5.41) is 4.51. The predicted octanol–water partition coefficient (Wildman–Crippen LogP) is 4.02. The molecule has 0 unspecified atom stereocenters. The van der Waals surface area contributed by atoms with Gasteiger partial charge < -0.3 is 4.90 Å². The molecule has 2 heterocycles. The van der Waals surface area contributed by atoms with Crippen molar-refractivity contribution in [1.82, 2.24) is 19.6 Å². The second kappa shape index (κ2) is 9.75. The van der Waals surface area contributed by atoms with Crippen molar-refractivity contribution < 1.29 is 4.79 Å². The number of nitrogens with zero attached hydrogens (tertiary/aromatic N) is 4. The molecule has 4 rings (SSSR count). The van der Waals surface area contributed by atoms with Crippen molar-refractivity contribution in [2.45, 2.75) is 20.4 Å². The van der Waals surface area contributed by atoms with Crippen molar-refractivity contribution >= 4 is 12.0 Å². The van der Waals surface area contributed by atoms with E-state index in [2.05, 4.69) is 59.4 Å². The Balaban J connectivity index is 1.27. The molecule has 5 heteroatoms. The molecule has 160 valence electrons. The smallest absolute Gasteiger partial charge is 0.253 e. The van der Waals surface area contributed by atoms with Gasteiger partial charge >= 0.3 is 0 Å². The third-order valence-corrected chi connectivity index (χ3v) is 5.77. The van der Waals surface area contributed by atoms with Gasteiger partial charge in [-0.05, 0) is 43.2 Å². The highest BCUT2D eigenvalue weighted by molar-refractivity contribution is 5.94. The molecule has 3 aromatic rings. The lowest BCUT2D eigenvalue weighted by atomic mass is 10.1. The monoisotopic (exact) mass is 414 g/mol. The number of carbonyl (C=O) groups is 1. The van der Waals surface area contributed by atoms with Gasteiger partial charge in [0.15, 0.2) is 0 Å². The van der Waals surface area contributed by atoms with E-state index in [0.717, 1.165) is 61.8 Å². The zero-order valence-corrected chi connectivity index (χ0v) is 18.4. The van der Waals surface area contributed by atoms with E-state index in [-0.39, 0.29) is 5.91 Å². The normalized spacial score (nSPS) is 15.0. The second-order valence-corrected chi connectivity index (χ2v) is 8.19. The van der Waals surface area contributed by atoms with Crippen LogP contribution in [-0.4, -0.2) is 58.2 Å². The van der Waals surface area contributed by atoms with Crippen molar-refractivity contribution in [3.8, 4) is 0 Å². The number of aryl methyl sites for hydroxylation is 2. The van der Waals surface area contributed by atoms with Crippen molar-refractivity contribution in [3.05, 3.63) is 94.8 Å².